The van der Waals surface area contributed by atoms with Crippen LogP contribution in [-0.2, 0) is 4.79 Å². The molecule has 33 heavy (non-hydrogen) atoms. The highest BCUT2D eigenvalue weighted by Gasteiger charge is 2.10. The van der Waals surface area contributed by atoms with Gasteiger partial charge in [0, 0.05) is 40.3 Å². The second-order valence-corrected chi connectivity index (χ2v) is 7.83. The molecule has 1 amide bonds. The van der Waals surface area contributed by atoms with Gasteiger partial charge in [-0.3, -0.25) is 9.78 Å². The molecule has 0 bridgehead atoms. The lowest BCUT2D eigenvalue weighted by Crippen LogP contribution is -2.07. The Morgan fingerprint density at radius 2 is 1.82 bits per heavy atom. The third-order valence-corrected chi connectivity index (χ3v) is 5.47. The van der Waals surface area contributed by atoms with E-state index >= 15 is 0 Å². The number of pyridine rings is 1. The molecule has 0 atom stereocenters. The smallest absolute Gasteiger partial charge is 0.248 e. The number of furan rings is 1. The molecule has 162 valence electrons. The minimum absolute atomic E-state index is 0.288. The van der Waals surface area contributed by atoms with Gasteiger partial charge >= 0.3 is 0 Å². The van der Waals surface area contributed by atoms with E-state index in [0.29, 0.717) is 39.2 Å². The van der Waals surface area contributed by atoms with Crippen LogP contribution in [0.25, 0.3) is 40.0 Å². The first-order valence-corrected chi connectivity index (χ1v) is 10.6. The Balaban J connectivity index is 1.28. The van der Waals surface area contributed by atoms with E-state index in [4.69, 9.17) is 20.4 Å². The van der Waals surface area contributed by atoms with Crippen LogP contribution in [0.3, 0.4) is 0 Å². The van der Waals surface area contributed by atoms with E-state index in [2.05, 4.69) is 15.3 Å². The highest BCUT2D eigenvalue weighted by Crippen LogP contribution is 2.28. The first-order chi connectivity index (χ1) is 16.0. The summed E-state index contributed by atoms with van der Waals surface area (Å²) in [6.07, 6.45) is 6.39. The second-order valence-electron chi connectivity index (χ2n) is 7.43. The van der Waals surface area contributed by atoms with Gasteiger partial charge in [0.05, 0.1) is 0 Å². The summed E-state index contributed by atoms with van der Waals surface area (Å²) in [7, 11) is 0. The highest BCUT2D eigenvalue weighted by atomic mass is 35.5. The monoisotopic (exact) mass is 455 g/mol. The molecular formula is C26H18ClN3O3. The number of oxazole rings is 1. The normalized spacial score (nSPS) is 11.3. The Hall–Kier alpha value is -4.16. The minimum Gasteiger partial charge on any atom is -0.457 e. The van der Waals surface area contributed by atoms with Crippen molar-refractivity contribution >= 4 is 40.4 Å². The van der Waals surface area contributed by atoms with Crippen LogP contribution in [0.1, 0.15) is 11.3 Å². The zero-order valence-electron chi connectivity index (χ0n) is 17.6. The highest BCUT2D eigenvalue weighted by molar-refractivity contribution is 6.31. The maximum atomic E-state index is 12.4. The lowest BCUT2D eigenvalue weighted by Gasteiger charge is -2.01. The molecule has 0 aliphatic carbocycles. The summed E-state index contributed by atoms with van der Waals surface area (Å²) in [6.45, 7) is 1.95. The number of nitrogens with one attached hydrogen (secondary N) is 1. The van der Waals surface area contributed by atoms with Crippen molar-refractivity contribution in [1.29, 1.82) is 0 Å². The number of nitrogens with zero attached hydrogens (tertiary/aromatic N) is 2. The molecule has 0 radical (unpaired) electrons. The number of anilines is 1. The van der Waals surface area contributed by atoms with Gasteiger partial charge in [-0.1, -0.05) is 23.7 Å². The van der Waals surface area contributed by atoms with Gasteiger partial charge in [-0.2, -0.15) is 0 Å². The molecule has 0 unspecified atom stereocenters. The molecule has 5 rings (SSSR count). The first kappa shape index (κ1) is 20.7. The molecule has 0 saturated heterocycles. The summed E-state index contributed by atoms with van der Waals surface area (Å²) in [5.74, 6) is 1.45. The predicted octanol–water partition coefficient (Wildman–Crippen LogP) is 6.76. The largest absolute Gasteiger partial charge is 0.457 e. The molecule has 1 N–H and O–H groups in total. The van der Waals surface area contributed by atoms with Crippen molar-refractivity contribution in [1.82, 2.24) is 9.97 Å². The maximum absolute atomic E-state index is 12.4. The molecule has 0 aliphatic heterocycles. The number of fused-ring (bicyclic) bond motifs is 1. The standard InChI is InChI=1S/C26H18ClN3O3/c1-16-2-3-18(14-21(16)27)23-8-5-20(32-23)6-9-25(31)29-19-4-7-24-22(15-19)30-26(33-24)17-10-12-28-13-11-17/h2-15H,1H3,(H,29,31)/b9-6+. The second kappa shape index (κ2) is 8.76. The Morgan fingerprint density at radius 3 is 2.64 bits per heavy atom. The van der Waals surface area contributed by atoms with E-state index in [9.17, 15) is 4.79 Å². The van der Waals surface area contributed by atoms with E-state index in [1.165, 1.54) is 6.08 Å². The summed E-state index contributed by atoms with van der Waals surface area (Å²) >= 11 is 6.20. The van der Waals surface area contributed by atoms with Crippen molar-refractivity contribution in [3.05, 3.63) is 95.5 Å². The number of aromatic nitrogens is 2. The van der Waals surface area contributed by atoms with Crippen molar-refractivity contribution in [2.75, 3.05) is 5.32 Å². The van der Waals surface area contributed by atoms with E-state index in [0.717, 1.165) is 16.7 Å². The van der Waals surface area contributed by atoms with Gasteiger partial charge < -0.3 is 14.2 Å². The number of aryl methyl sites for hydroxylation is 1. The molecule has 6 nitrogen and oxygen atoms in total. The van der Waals surface area contributed by atoms with Gasteiger partial charge in [0.1, 0.15) is 17.0 Å². The fraction of sp³-hybridized carbons (Fsp3) is 0.0385. The van der Waals surface area contributed by atoms with E-state index < -0.39 is 0 Å². The van der Waals surface area contributed by atoms with Gasteiger partial charge in [-0.15, -0.1) is 0 Å². The Labute approximate surface area is 194 Å². The molecule has 2 aromatic carbocycles. The Morgan fingerprint density at radius 1 is 0.970 bits per heavy atom. The third kappa shape index (κ3) is 4.56. The molecule has 3 heterocycles. The zero-order valence-corrected chi connectivity index (χ0v) is 18.3. The van der Waals surface area contributed by atoms with Crippen LogP contribution in [0, 0.1) is 6.92 Å². The molecule has 0 saturated carbocycles. The first-order valence-electron chi connectivity index (χ1n) is 10.2. The summed E-state index contributed by atoms with van der Waals surface area (Å²) < 4.78 is 11.6. The van der Waals surface area contributed by atoms with Crippen molar-refractivity contribution < 1.29 is 13.6 Å². The van der Waals surface area contributed by atoms with Gasteiger partial charge in [-0.05, 0) is 67.1 Å². The number of rotatable bonds is 5. The Bertz CT molecular complexity index is 1490. The van der Waals surface area contributed by atoms with Crippen LogP contribution in [-0.4, -0.2) is 15.9 Å². The molecule has 0 aliphatic rings. The molecule has 0 fully saturated rings. The molecule has 7 heteroatoms. The quantitative estimate of drug-likeness (QED) is 0.296. The molecule has 3 aromatic heterocycles. The number of carbonyl (C=O) groups is 1. The van der Waals surface area contributed by atoms with Crippen LogP contribution in [0.15, 0.2) is 88.0 Å². The van der Waals surface area contributed by atoms with Crippen molar-refractivity contribution in [2.24, 2.45) is 0 Å². The topological polar surface area (TPSA) is 81.2 Å². The van der Waals surface area contributed by atoms with Crippen molar-refractivity contribution in [3.63, 3.8) is 0 Å². The summed E-state index contributed by atoms with van der Waals surface area (Å²) in [6, 6.07) is 18.3. The minimum atomic E-state index is -0.288. The summed E-state index contributed by atoms with van der Waals surface area (Å²) in [5, 5.41) is 3.51. The van der Waals surface area contributed by atoms with Crippen molar-refractivity contribution in [2.45, 2.75) is 6.92 Å². The average molecular weight is 456 g/mol. The molecule has 0 spiro atoms. The lowest BCUT2D eigenvalue weighted by molar-refractivity contribution is -0.111. The maximum Gasteiger partial charge on any atom is 0.248 e. The van der Waals surface area contributed by atoms with Crippen LogP contribution >= 0.6 is 11.6 Å². The summed E-state index contributed by atoms with van der Waals surface area (Å²) in [4.78, 5) is 20.9. The number of halogens is 1. The number of carbonyl (C=O) groups excluding carboxylic acids is 1. The van der Waals surface area contributed by atoms with Crippen LogP contribution in [0.2, 0.25) is 5.02 Å². The fourth-order valence-electron chi connectivity index (χ4n) is 3.31. The molecule has 5 aromatic rings. The average Bonchev–Trinajstić information content (AvgIpc) is 3.47. The number of amides is 1. The van der Waals surface area contributed by atoms with Crippen LogP contribution in [0.5, 0.6) is 0 Å². The predicted molar refractivity (Wildman–Crippen MR) is 129 cm³/mol. The van der Waals surface area contributed by atoms with Crippen LogP contribution < -0.4 is 5.32 Å². The summed E-state index contributed by atoms with van der Waals surface area (Å²) in [5.41, 5.74) is 4.61. The zero-order chi connectivity index (χ0) is 22.8. The number of hydrogen-bond donors (Lipinski definition) is 1. The van der Waals surface area contributed by atoms with E-state index in [1.54, 1.807) is 42.7 Å². The van der Waals surface area contributed by atoms with Gasteiger partial charge in [0.25, 0.3) is 0 Å². The number of hydrogen-bond acceptors (Lipinski definition) is 5. The molecular weight excluding hydrogens is 438 g/mol. The van der Waals surface area contributed by atoms with E-state index in [-0.39, 0.29) is 5.91 Å². The fourth-order valence-corrected chi connectivity index (χ4v) is 3.49. The van der Waals surface area contributed by atoms with Gasteiger partial charge in [0.15, 0.2) is 5.58 Å². The Kier molecular flexibility index (Phi) is 5.50. The third-order valence-electron chi connectivity index (χ3n) is 5.06. The lowest BCUT2D eigenvalue weighted by atomic mass is 10.1. The van der Waals surface area contributed by atoms with Gasteiger partial charge in [-0.25, -0.2) is 4.98 Å². The SMILES string of the molecule is Cc1ccc(-c2ccc(/C=C/C(=O)Nc3ccc4oc(-c5ccncc5)nc4c3)o2)cc1Cl. The van der Waals surface area contributed by atoms with Gasteiger partial charge in [0.2, 0.25) is 11.8 Å². The van der Waals surface area contributed by atoms with Crippen molar-refractivity contribution in [3.8, 4) is 22.8 Å². The van der Waals surface area contributed by atoms with E-state index in [1.807, 2.05) is 43.3 Å². The number of benzene rings is 2. The van der Waals surface area contributed by atoms with Crippen LogP contribution in [0.4, 0.5) is 5.69 Å².